The molecule has 0 spiro atoms. The number of rotatable bonds is 1. The van der Waals surface area contributed by atoms with Crippen LogP contribution < -0.4 is 0 Å². The number of phenols is 2. The van der Waals surface area contributed by atoms with Crippen LogP contribution in [0.5, 0.6) is 11.5 Å². The summed E-state index contributed by atoms with van der Waals surface area (Å²) in [5.74, 6) is 1.23. The third kappa shape index (κ3) is 1.80. The smallest absolute Gasteiger partial charge is 0.127 e. The summed E-state index contributed by atoms with van der Waals surface area (Å²) in [6, 6.07) is 12.3. The maximum absolute atomic E-state index is 9.71. The van der Waals surface area contributed by atoms with Crippen LogP contribution in [0.1, 0.15) is 16.7 Å². The molecule has 1 aliphatic rings. The van der Waals surface area contributed by atoms with E-state index in [1.807, 2.05) is 18.2 Å². The number of benzene rings is 2. The predicted molar refractivity (Wildman–Crippen MR) is 68.9 cm³/mol. The summed E-state index contributed by atoms with van der Waals surface area (Å²) in [7, 11) is 0. The van der Waals surface area contributed by atoms with E-state index in [2.05, 4.69) is 0 Å². The molecule has 0 fully saturated rings. The lowest BCUT2D eigenvalue weighted by atomic mass is 10.0. The number of hydrogen-bond acceptors (Lipinski definition) is 3. The summed E-state index contributed by atoms with van der Waals surface area (Å²) in [6.45, 7) is 0.356. The lowest BCUT2D eigenvalue weighted by Gasteiger charge is -2.19. The number of aromatic hydroxyl groups is 2. The molecule has 90 valence electrons. The van der Waals surface area contributed by atoms with Gasteiger partial charge in [0.15, 0.2) is 0 Å². The van der Waals surface area contributed by atoms with Crippen LogP contribution in [0, 0.1) is 0 Å². The van der Waals surface area contributed by atoms with Crippen LogP contribution in [-0.4, -0.2) is 10.2 Å². The molecular formula is C15H12O3. The second-order valence-corrected chi connectivity index (χ2v) is 4.19. The van der Waals surface area contributed by atoms with E-state index in [0.717, 1.165) is 22.4 Å². The van der Waals surface area contributed by atoms with E-state index in [1.54, 1.807) is 30.3 Å². The van der Waals surface area contributed by atoms with Crippen molar-refractivity contribution in [3.05, 3.63) is 59.2 Å². The molecule has 1 heterocycles. The molecule has 0 saturated carbocycles. The first kappa shape index (κ1) is 10.7. The summed E-state index contributed by atoms with van der Waals surface area (Å²) in [6.07, 6.45) is 1.89. The van der Waals surface area contributed by atoms with Crippen LogP contribution in [0.3, 0.4) is 0 Å². The van der Waals surface area contributed by atoms with Crippen molar-refractivity contribution in [2.24, 2.45) is 0 Å². The second kappa shape index (κ2) is 4.11. The van der Waals surface area contributed by atoms with E-state index in [9.17, 15) is 10.2 Å². The fourth-order valence-electron chi connectivity index (χ4n) is 2.01. The zero-order chi connectivity index (χ0) is 12.5. The molecule has 0 atom stereocenters. The third-order valence-electron chi connectivity index (χ3n) is 3.00. The topological polar surface area (TPSA) is 49.7 Å². The van der Waals surface area contributed by atoms with Crippen LogP contribution in [0.15, 0.2) is 42.5 Å². The first-order valence-electron chi connectivity index (χ1n) is 5.69. The zero-order valence-electron chi connectivity index (χ0n) is 9.63. The quantitative estimate of drug-likeness (QED) is 0.805. The Morgan fingerprint density at radius 1 is 0.944 bits per heavy atom. The molecular weight excluding hydrogens is 228 g/mol. The van der Waals surface area contributed by atoms with Gasteiger partial charge in [0.2, 0.25) is 0 Å². The Hall–Kier alpha value is -2.42. The monoisotopic (exact) mass is 240 g/mol. The van der Waals surface area contributed by atoms with Crippen LogP contribution >= 0.6 is 0 Å². The molecule has 3 rings (SSSR count). The third-order valence-corrected chi connectivity index (χ3v) is 3.00. The van der Waals surface area contributed by atoms with E-state index >= 15 is 0 Å². The molecule has 3 heteroatoms. The Balaban J connectivity index is 2.03. The fourth-order valence-corrected chi connectivity index (χ4v) is 2.01. The minimum Gasteiger partial charge on any atom is -0.508 e. The van der Waals surface area contributed by atoms with E-state index in [1.165, 1.54) is 0 Å². The van der Waals surface area contributed by atoms with Crippen LogP contribution in [-0.2, 0) is 11.3 Å². The highest BCUT2D eigenvalue weighted by molar-refractivity contribution is 5.80. The molecule has 0 aliphatic carbocycles. The van der Waals surface area contributed by atoms with Crippen LogP contribution in [0.2, 0.25) is 0 Å². The van der Waals surface area contributed by atoms with Crippen LogP contribution in [0.4, 0.5) is 0 Å². The van der Waals surface area contributed by atoms with Crippen molar-refractivity contribution in [1.29, 1.82) is 0 Å². The number of phenolic OH excluding ortho intramolecular Hbond substituents is 2. The SMILES string of the molecule is Oc1ccc(C2=Cc3cccc(O)c3CO2)cc1. The van der Waals surface area contributed by atoms with Crippen molar-refractivity contribution >= 4 is 11.8 Å². The minimum absolute atomic E-state index is 0.230. The number of ether oxygens (including phenoxy) is 1. The van der Waals surface area contributed by atoms with Gasteiger partial charge in [0, 0.05) is 11.1 Å². The van der Waals surface area contributed by atoms with Gasteiger partial charge in [-0.3, -0.25) is 0 Å². The van der Waals surface area contributed by atoms with Gasteiger partial charge in [0.25, 0.3) is 0 Å². The van der Waals surface area contributed by atoms with Crippen molar-refractivity contribution in [3.8, 4) is 11.5 Å². The first-order chi connectivity index (χ1) is 8.74. The van der Waals surface area contributed by atoms with Gasteiger partial charge in [-0.2, -0.15) is 0 Å². The molecule has 2 N–H and O–H groups in total. The Bertz CT molecular complexity index is 612. The molecule has 0 radical (unpaired) electrons. The summed E-state index contributed by atoms with van der Waals surface area (Å²) >= 11 is 0. The maximum atomic E-state index is 9.71. The molecule has 18 heavy (non-hydrogen) atoms. The standard InChI is InChI=1S/C15H12O3/c16-12-6-4-10(5-7-12)15-8-11-2-1-3-14(17)13(11)9-18-15/h1-8,16-17H,9H2. The Morgan fingerprint density at radius 3 is 2.50 bits per heavy atom. The molecule has 1 aliphatic heterocycles. The van der Waals surface area contributed by atoms with Gasteiger partial charge in [-0.15, -0.1) is 0 Å². The van der Waals surface area contributed by atoms with E-state index < -0.39 is 0 Å². The van der Waals surface area contributed by atoms with Gasteiger partial charge in [-0.05, 0) is 42.0 Å². The molecule has 0 unspecified atom stereocenters. The summed E-state index contributed by atoms with van der Waals surface area (Å²) in [5, 5.41) is 19.0. The van der Waals surface area contributed by atoms with E-state index in [0.29, 0.717) is 6.61 Å². The minimum atomic E-state index is 0.230. The van der Waals surface area contributed by atoms with E-state index in [-0.39, 0.29) is 11.5 Å². The molecule has 2 aromatic carbocycles. The lowest BCUT2D eigenvalue weighted by Crippen LogP contribution is -2.02. The summed E-state index contributed by atoms with van der Waals surface area (Å²) < 4.78 is 5.63. The average Bonchev–Trinajstić information content (AvgIpc) is 2.39. The molecule has 0 bridgehead atoms. The van der Waals surface area contributed by atoms with Gasteiger partial charge >= 0.3 is 0 Å². The molecule has 0 aromatic heterocycles. The van der Waals surface area contributed by atoms with Gasteiger partial charge in [-0.1, -0.05) is 12.1 Å². The zero-order valence-corrected chi connectivity index (χ0v) is 9.63. The van der Waals surface area contributed by atoms with Gasteiger partial charge in [0.1, 0.15) is 23.9 Å². The van der Waals surface area contributed by atoms with Crippen LogP contribution in [0.25, 0.3) is 11.8 Å². The van der Waals surface area contributed by atoms with Crippen molar-refractivity contribution in [2.75, 3.05) is 0 Å². The van der Waals surface area contributed by atoms with Gasteiger partial charge in [-0.25, -0.2) is 0 Å². The molecule has 0 saturated heterocycles. The van der Waals surface area contributed by atoms with E-state index in [4.69, 9.17) is 4.74 Å². The largest absolute Gasteiger partial charge is 0.508 e. The normalized spacial score (nSPS) is 13.4. The summed E-state index contributed by atoms with van der Waals surface area (Å²) in [4.78, 5) is 0. The average molecular weight is 240 g/mol. The highest BCUT2D eigenvalue weighted by Gasteiger charge is 2.15. The highest BCUT2D eigenvalue weighted by atomic mass is 16.5. The Kier molecular flexibility index (Phi) is 2.45. The van der Waals surface area contributed by atoms with Crippen molar-refractivity contribution < 1.29 is 14.9 Å². The van der Waals surface area contributed by atoms with Crippen molar-refractivity contribution in [1.82, 2.24) is 0 Å². The lowest BCUT2D eigenvalue weighted by molar-refractivity contribution is 0.256. The molecule has 3 nitrogen and oxygen atoms in total. The predicted octanol–water partition coefficient (Wildman–Crippen LogP) is 3.13. The van der Waals surface area contributed by atoms with Gasteiger partial charge < -0.3 is 14.9 Å². The Labute approximate surface area is 105 Å². The number of hydrogen-bond donors (Lipinski definition) is 2. The summed E-state index contributed by atoms with van der Waals surface area (Å²) in [5.41, 5.74) is 2.67. The Morgan fingerprint density at radius 2 is 1.72 bits per heavy atom. The highest BCUT2D eigenvalue weighted by Crippen LogP contribution is 2.32. The molecule has 2 aromatic rings. The second-order valence-electron chi connectivity index (χ2n) is 4.19. The van der Waals surface area contributed by atoms with Crippen molar-refractivity contribution in [2.45, 2.75) is 6.61 Å². The fraction of sp³-hybridized carbons (Fsp3) is 0.0667. The maximum Gasteiger partial charge on any atom is 0.127 e. The number of fused-ring (bicyclic) bond motifs is 1. The first-order valence-corrected chi connectivity index (χ1v) is 5.69. The van der Waals surface area contributed by atoms with Crippen molar-refractivity contribution in [3.63, 3.8) is 0 Å². The van der Waals surface area contributed by atoms with Gasteiger partial charge in [0.05, 0.1) is 0 Å². The molecule has 0 amide bonds.